The van der Waals surface area contributed by atoms with Gasteiger partial charge in [-0.3, -0.25) is 0 Å². The van der Waals surface area contributed by atoms with Crippen LogP contribution in [0.3, 0.4) is 0 Å². The molecule has 0 saturated heterocycles. The second kappa shape index (κ2) is 7.29. The normalized spacial score (nSPS) is 10.5. The maximum atomic E-state index is 13.6. The van der Waals surface area contributed by atoms with Gasteiger partial charge in [0.05, 0.1) is 18.2 Å². The third kappa shape index (κ3) is 3.86. The van der Waals surface area contributed by atoms with E-state index in [2.05, 4.69) is 0 Å². The maximum Gasteiger partial charge on any atom is 0.180 e. The molecule has 0 aromatic heterocycles. The van der Waals surface area contributed by atoms with Gasteiger partial charge in [-0.15, -0.1) is 0 Å². The molecular weight excluding hydrogens is 295 g/mol. The summed E-state index contributed by atoms with van der Waals surface area (Å²) in [6.45, 7) is 2.17. The van der Waals surface area contributed by atoms with Gasteiger partial charge in [0.15, 0.2) is 11.5 Å². The molecule has 0 atom stereocenters. The van der Waals surface area contributed by atoms with Crippen molar-refractivity contribution in [3.63, 3.8) is 0 Å². The Morgan fingerprint density at radius 2 is 1.95 bits per heavy atom. The third-order valence-corrected chi connectivity index (χ3v) is 3.16. The second-order valence-corrected chi connectivity index (χ2v) is 4.78. The molecule has 2 aromatic carbocycles. The van der Waals surface area contributed by atoms with E-state index >= 15 is 0 Å². The largest absolute Gasteiger partial charge is 0.490 e. The fraction of sp³-hybridized carbons (Fsp3) is 0.250. The van der Waals surface area contributed by atoms with Gasteiger partial charge < -0.3 is 14.6 Å². The number of rotatable bonds is 6. The number of benzene rings is 2. The number of hydrogen-bond donors (Lipinski definition) is 1. The fourth-order valence-corrected chi connectivity index (χ4v) is 2.17. The van der Waals surface area contributed by atoms with Gasteiger partial charge in [-0.05, 0) is 30.7 Å². The highest BCUT2D eigenvalue weighted by Crippen LogP contribution is 2.37. The molecule has 21 heavy (non-hydrogen) atoms. The molecule has 0 bridgehead atoms. The minimum Gasteiger partial charge on any atom is -0.490 e. The van der Waals surface area contributed by atoms with E-state index < -0.39 is 0 Å². The smallest absolute Gasteiger partial charge is 0.180 e. The van der Waals surface area contributed by atoms with Gasteiger partial charge in [0.25, 0.3) is 0 Å². The topological polar surface area (TPSA) is 38.7 Å². The average Bonchev–Trinajstić information content (AvgIpc) is 2.48. The summed E-state index contributed by atoms with van der Waals surface area (Å²) in [5.74, 6) is 0.447. The van der Waals surface area contributed by atoms with E-state index in [9.17, 15) is 9.50 Å². The molecule has 0 aliphatic rings. The number of halogens is 2. The van der Waals surface area contributed by atoms with Crippen LogP contribution in [-0.4, -0.2) is 11.7 Å². The lowest BCUT2D eigenvalue weighted by Crippen LogP contribution is -2.02. The average molecular weight is 311 g/mol. The molecule has 2 aromatic rings. The molecule has 2 rings (SSSR count). The van der Waals surface area contributed by atoms with Crippen molar-refractivity contribution in [1.82, 2.24) is 0 Å². The lowest BCUT2D eigenvalue weighted by Gasteiger charge is -2.15. The maximum absolute atomic E-state index is 13.6. The zero-order valence-corrected chi connectivity index (χ0v) is 12.4. The number of hydrogen-bond acceptors (Lipinski definition) is 3. The van der Waals surface area contributed by atoms with Gasteiger partial charge in [0.2, 0.25) is 0 Å². The molecule has 0 amide bonds. The van der Waals surface area contributed by atoms with Crippen molar-refractivity contribution in [2.45, 2.75) is 20.1 Å². The van der Waals surface area contributed by atoms with Crippen LogP contribution in [0.15, 0.2) is 36.4 Å². The molecule has 0 aliphatic carbocycles. The quantitative estimate of drug-likeness (QED) is 0.878. The van der Waals surface area contributed by atoms with Crippen LogP contribution in [0.4, 0.5) is 4.39 Å². The Morgan fingerprint density at radius 3 is 2.62 bits per heavy atom. The van der Waals surface area contributed by atoms with Crippen molar-refractivity contribution in [2.24, 2.45) is 0 Å². The molecule has 3 nitrogen and oxygen atoms in total. The molecule has 0 aliphatic heterocycles. The Kier molecular flexibility index (Phi) is 5.42. The summed E-state index contributed by atoms with van der Waals surface area (Å²) >= 11 is 6.15. The van der Waals surface area contributed by atoms with Crippen LogP contribution >= 0.6 is 11.6 Å². The highest BCUT2D eigenvalue weighted by molar-refractivity contribution is 6.32. The van der Waals surface area contributed by atoms with Crippen LogP contribution in [0, 0.1) is 5.82 Å². The Labute approximate surface area is 127 Å². The summed E-state index contributed by atoms with van der Waals surface area (Å²) in [7, 11) is 0. The molecule has 0 spiro atoms. The molecule has 1 N–H and O–H groups in total. The first-order valence-corrected chi connectivity index (χ1v) is 6.95. The van der Waals surface area contributed by atoms with Crippen LogP contribution < -0.4 is 9.47 Å². The molecule has 0 saturated carbocycles. The number of aliphatic hydroxyl groups is 1. The van der Waals surface area contributed by atoms with Crippen molar-refractivity contribution in [3.05, 3.63) is 58.4 Å². The van der Waals surface area contributed by atoms with Crippen molar-refractivity contribution >= 4 is 11.6 Å². The van der Waals surface area contributed by atoms with Crippen LogP contribution in [0.5, 0.6) is 11.5 Å². The van der Waals surface area contributed by atoms with Crippen LogP contribution in [-0.2, 0) is 13.2 Å². The highest BCUT2D eigenvalue weighted by Gasteiger charge is 2.13. The van der Waals surface area contributed by atoms with Gasteiger partial charge in [-0.2, -0.15) is 0 Å². The first kappa shape index (κ1) is 15.6. The standard InChI is InChI=1S/C16H16ClFO3/c1-2-20-15-8-11(9-19)7-13(17)16(15)21-10-12-5-3-4-6-14(12)18/h3-8,19H,2,9-10H2,1H3. The Balaban J connectivity index is 2.24. The lowest BCUT2D eigenvalue weighted by atomic mass is 10.2. The summed E-state index contributed by atoms with van der Waals surface area (Å²) in [5, 5.41) is 9.51. The first-order valence-electron chi connectivity index (χ1n) is 6.58. The van der Waals surface area contributed by atoms with Gasteiger partial charge in [0, 0.05) is 5.56 Å². The van der Waals surface area contributed by atoms with E-state index in [0.717, 1.165) is 0 Å². The molecular formula is C16H16ClFO3. The predicted molar refractivity (Wildman–Crippen MR) is 79.3 cm³/mol. The molecule has 0 fully saturated rings. The number of ether oxygens (including phenoxy) is 2. The van der Waals surface area contributed by atoms with Gasteiger partial charge in [-0.25, -0.2) is 4.39 Å². The zero-order valence-electron chi connectivity index (χ0n) is 11.6. The van der Waals surface area contributed by atoms with Crippen LogP contribution in [0.2, 0.25) is 5.02 Å². The summed E-state index contributed by atoms with van der Waals surface area (Å²) in [4.78, 5) is 0. The molecule has 5 heteroatoms. The highest BCUT2D eigenvalue weighted by atomic mass is 35.5. The minimum absolute atomic E-state index is 0.0466. The van der Waals surface area contributed by atoms with Crippen LogP contribution in [0.1, 0.15) is 18.1 Å². The number of aliphatic hydroxyl groups excluding tert-OH is 1. The van der Waals surface area contributed by atoms with E-state index in [0.29, 0.717) is 34.3 Å². The Bertz CT molecular complexity index is 616. The minimum atomic E-state index is -0.335. The van der Waals surface area contributed by atoms with Crippen molar-refractivity contribution < 1.29 is 19.0 Å². The Hall–Kier alpha value is -1.78. The second-order valence-electron chi connectivity index (χ2n) is 4.38. The fourth-order valence-electron chi connectivity index (χ4n) is 1.88. The molecule has 0 heterocycles. The SMILES string of the molecule is CCOc1cc(CO)cc(Cl)c1OCc1ccccc1F. The molecule has 112 valence electrons. The monoisotopic (exact) mass is 310 g/mol. The van der Waals surface area contributed by atoms with E-state index in [4.69, 9.17) is 21.1 Å². The lowest BCUT2D eigenvalue weighted by molar-refractivity contribution is 0.261. The van der Waals surface area contributed by atoms with Crippen molar-refractivity contribution in [3.8, 4) is 11.5 Å². The van der Waals surface area contributed by atoms with Crippen LogP contribution in [0.25, 0.3) is 0 Å². The summed E-state index contributed by atoms with van der Waals surface area (Å²) in [6, 6.07) is 9.63. The third-order valence-electron chi connectivity index (χ3n) is 2.88. The summed E-state index contributed by atoms with van der Waals surface area (Å²) in [5.41, 5.74) is 1.06. The first-order chi connectivity index (χ1) is 10.2. The van der Waals surface area contributed by atoms with Gasteiger partial charge in [0.1, 0.15) is 12.4 Å². The zero-order chi connectivity index (χ0) is 15.2. The van der Waals surface area contributed by atoms with E-state index in [1.807, 2.05) is 6.92 Å². The van der Waals surface area contributed by atoms with Crippen molar-refractivity contribution in [1.29, 1.82) is 0 Å². The van der Waals surface area contributed by atoms with Crippen molar-refractivity contribution in [2.75, 3.05) is 6.61 Å². The summed E-state index contributed by atoms with van der Waals surface area (Å²) in [6.07, 6.45) is 0. The predicted octanol–water partition coefficient (Wildman–Crippen LogP) is 3.95. The molecule has 0 radical (unpaired) electrons. The van der Waals surface area contributed by atoms with E-state index in [1.54, 1.807) is 30.3 Å². The van der Waals surface area contributed by atoms with E-state index in [1.165, 1.54) is 6.07 Å². The van der Waals surface area contributed by atoms with Gasteiger partial charge >= 0.3 is 0 Å². The summed E-state index contributed by atoms with van der Waals surface area (Å²) < 4.78 is 24.7. The Morgan fingerprint density at radius 1 is 1.19 bits per heavy atom. The van der Waals surface area contributed by atoms with E-state index in [-0.39, 0.29) is 19.0 Å². The molecule has 0 unspecified atom stereocenters. The van der Waals surface area contributed by atoms with Gasteiger partial charge in [-0.1, -0.05) is 29.8 Å².